The summed E-state index contributed by atoms with van der Waals surface area (Å²) >= 11 is 0. The van der Waals surface area contributed by atoms with Crippen molar-refractivity contribution >= 4 is 11.9 Å². The Labute approximate surface area is 125 Å². The van der Waals surface area contributed by atoms with Gasteiger partial charge in [0.2, 0.25) is 0 Å². The molecule has 0 bridgehead atoms. The number of methoxy groups -OCH3 is 2. The molecule has 1 aromatic rings. The minimum absolute atomic E-state index is 0.257. The highest BCUT2D eigenvalue weighted by Gasteiger charge is 2.27. The second-order valence-corrected chi connectivity index (χ2v) is 5.24. The van der Waals surface area contributed by atoms with Crippen LogP contribution in [0.5, 0.6) is 0 Å². The van der Waals surface area contributed by atoms with E-state index in [1.807, 2.05) is 44.2 Å². The molecule has 5 nitrogen and oxygen atoms in total. The molecule has 0 heterocycles. The number of rotatable bonds is 7. The van der Waals surface area contributed by atoms with E-state index in [0.29, 0.717) is 6.42 Å². The molecule has 1 amide bonds. The summed E-state index contributed by atoms with van der Waals surface area (Å²) in [4.78, 5) is 24.1. The van der Waals surface area contributed by atoms with Crippen LogP contribution in [0.25, 0.3) is 0 Å². The van der Waals surface area contributed by atoms with Gasteiger partial charge >= 0.3 is 5.97 Å². The van der Waals surface area contributed by atoms with E-state index in [9.17, 15) is 9.59 Å². The summed E-state index contributed by atoms with van der Waals surface area (Å²) in [6, 6.07) is 8.49. The lowest BCUT2D eigenvalue weighted by atomic mass is 10.0. The Hall–Kier alpha value is -1.88. The number of carbonyl (C=O) groups is 2. The molecule has 1 unspecified atom stereocenters. The number of nitrogens with one attached hydrogen (secondary N) is 1. The van der Waals surface area contributed by atoms with E-state index in [2.05, 4.69) is 5.32 Å². The van der Waals surface area contributed by atoms with E-state index in [4.69, 9.17) is 9.47 Å². The summed E-state index contributed by atoms with van der Waals surface area (Å²) in [5, 5.41) is 2.71. The van der Waals surface area contributed by atoms with Gasteiger partial charge in [-0.1, -0.05) is 44.2 Å². The summed E-state index contributed by atoms with van der Waals surface area (Å²) in [6.45, 7) is 3.96. The van der Waals surface area contributed by atoms with E-state index in [1.165, 1.54) is 14.2 Å². The van der Waals surface area contributed by atoms with E-state index in [1.54, 1.807) is 0 Å². The predicted molar refractivity (Wildman–Crippen MR) is 79.6 cm³/mol. The van der Waals surface area contributed by atoms with Crippen LogP contribution < -0.4 is 5.32 Å². The maximum Gasteiger partial charge on any atom is 0.328 e. The van der Waals surface area contributed by atoms with Crippen LogP contribution in [-0.4, -0.2) is 32.1 Å². The molecule has 0 aliphatic carbocycles. The summed E-state index contributed by atoms with van der Waals surface area (Å²) in [6.07, 6.45) is -0.227. The third-order valence-corrected chi connectivity index (χ3v) is 3.09. The lowest BCUT2D eigenvalue weighted by Gasteiger charge is -2.22. The second kappa shape index (κ2) is 8.42. The second-order valence-electron chi connectivity index (χ2n) is 5.24. The zero-order valence-corrected chi connectivity index (χ0v) is 13.0. The van der Waals surface area contributed by atoms with Gasteiger partial charge < -0.3 is 14.8 Å². The van der Waals surface area contributed by atoms with Crippen molar-refractivity contribution < 1.29 is 19.1 Å². The topological polar surface area (TPSA) is 64.6 Å². The first kappa shape index (κ1) is 17.2. The number of ether oxygens (including phenoxy) is 2. The first-order valence-corrected chi connectivity index (χ1v) is 6.95. The molecule has 1 rings (SSSR count). The van der Waals surface area contributed by atoms with Gasteiger partial charge in [-0.2, -0.15) is 0 Å². The molecule has 0 saturated heterocycles. The molecular formula is C16H23NO4. The van der Waals surface area contributed by atoms with Crippen molar-refractivity contribution in [2.45, 2.75) is 32.4 Å². The van der Waals surface area contributed by atoms with Crippen molar-refractivity contribution in [3.05, 3.63) is 35.9 Å². The van der Waals surface area contributed by atoms with Crippen molar-refractivity contribution in [3.63, 3.8) is 0 Å². The largest absolute Gasteiger partial charge is 0.467 e. The van der Waals surface area contributed by atoms with Crippen molar-refractivity contribution in [3.8, 4) is 0 Å². The fourth-order valence-electron chi connectivity index (χ4n) is 2.10. The number of carbonyl (C=O) groups excluding carboxylic acids is 2. The maximum atomic E-state index is 12.3. The Balaban J connectivity index is 2.81. The number of hydrogen-bond acceptors (Lipinski definition) is 4. The van der Waals surface area contributed by atoms with Gasteiger partial charge in [-0.15, -0.1) is 0 Å². The van der Waals surface area contributed by atoms with E-state index in [-0.39, 0.29) is 11.8 Å². The molecule has 0 saturated carbocycles. The Kier molecular flexibility index (Phi) is 6.88. The molecule has 0 aliphatic rings. The van der Waals surface area contributed by atoms with Crippen LogP contribution in [0, 0.1) is 5.92 Å². The van der Waals surface area contributed by atoms with Gasteiger partial charge in [0.15, 0.2) is 6.10 Å². The smallest absolute Gasteiger partial charge is 0.328 e. The normalized spacial score (nSPS) is 13.6. The summed E-state index contributed by atoms with van der Waals surface area (Å²) in [5.41, 5.74) is 0.741. The number of hydrogen-bond donors (Lipinski definition) is 1. The SMILES string of the molecule is COC(=O)[C@H](CC(C)C)NC(=O)C(OC)c1ccccc1. The minimum atomic E-state index is -0.745. The van der Waals surface area contributed by atoms with Crippen molar-refractivity contribution in [2.24, 2.45) is 5.92 Å². The first-order chi connectivity index (χ1) is 9.99. The summed E-state index contributed by atoms with van der Waals surface area (Å²) in [7, 11) is 2.78. The average molecular weight is 293 g/mol. The molecule has 2 atom stereocenters. The van der Waals surface area contributed by atoms with Crippen LogP contribution in [0.2, 0.25) is 0 Å². The molecule has 21 heavy (non-hydrogen) atoms. The number of benzene rings is 1. The fraction of sp³-hybridized carbons (Fsp3) is 0.500. The van der Waals surface area contributed by atoms with Crippen molar-refractivity contribution in [1.82, 2.24) is 5.32 Å². The molecule has 1 aromatic carbocycles. The lowest BCUT2D eigenvalue weighted by Crippen LogP contribution is -2.44. The maximum absolute atomic E-state index is 12.3. The molecule has 0 aromatic heterocycles. The van der Waals surface area contributed by atoms with Crippen molar-refractivity contribution in [1.29, 1.82) is 0 Å². The van der Waals surface area contributed by atoms with Crippen LogP contribution in [0.4, 0.5) is 0 Å². The third kappa shape index (κ3) is 5.19. The first-order valence-electron chi connectivity index (χ1n) is 6.95. The van der Waals surface area contributed by atoms with Crippen LogP contribution in [-0.2, 0) is 19.1 Å². The van der Waals surface area contributed by atoms with Crippen molar-refractivity contribution in [2.75, 3.05) is 14.2 Å². The number of amides is 1. The summed E-state index contributed by atoms with van der Waals surface area (Å²) < 4.78 is 9.99. The van der Waals surface area contributed by atoms with Gasteiger partial charge in [-0.05, 0) is 17.9 Å². The zero-order chi connectivity index (χ0) is 15.8. The van der Waals surface area contributed by atoms with Gasteiger partial charge in [0.25, 0.3) is 5.91 Å². The molecule has 5 heteroatoms. The Bertz CT molecular complexity index is 459. The zero-order valence-electron chi connectivity index (χ0n) is 13.0. The molecule has 1 N–H and O–H groups in total. The van der Waals surface area contributed by atoms with Gasteiger partial charge in [-0.25, -0.2) is 4.79 Å². The van der Waals surface area contributed by atoms with E-state index < -0.39 is 18.1 Å². The van der Waals surface area contributed by atoms with Crippen LogP contribution in [0.3, 0.4) is 0 Å². The standard InChI is InChI=1S/C16H23NO4/c1-11(2)10-13(16(19)21-4)17-15(18)14(20-3)12-8-6-5-7-9-12/h5-9,11,13-14H,10H2,1-4H3,(H,17,18)/t13-,14?/m0/s1. The predicted octanol–water partition coefficient (Wildman–Crippen LogP) is 2.08. The molecule has 0 fully saturated rings. The molecular weight excluding hydrogens is 270 g/mol. The molecule has 0 aliphatic heterocycles. The van der Waals surface area contributed by atoms with Gasteiger partial charge in [-0.3, -0.25) is 4.79 Å². The van der Waals surface area contributed by atoms with Gasteiger partial charge in [0, 0.05) is 7.11 Å². The van der Waals surface area contributed by atoms with Gasteiger partial charge in [0.05, 0.1) is 7.11 Å². The molecule has 116 valence electrons. The van der Waals surface area contributed by atoms with Crippen LogP contribution in [0.15, 0.2) is 30.3 Å². The van der Waals surface area contributed by atoms with E-state index >= 15 is 0 Å². The number of esters is 1. The average Bonchev–Trinajstić information content (AvgIpc) is 2.47. The van der Waals surface area contributed by atoms with Crippen LogP contribution in [0.1, 0.15) is 31.9 Å². The minimum Gasteiger partial charge on any atom is -0.467 e. The quantitative estimate of drug-likeness (QED) is 0.782. The highest BCUT2D eigenvalue weighted by atomic mass is 16.5. The van der Waals surface area contributed by atoms with E-state index in [0.717, 1.165) is 5.56 Å². The molecule has 0 radical (unpaired) electrons. The Morgan fingerprint density at radius 3 is 2.24 bits per heavy atom. The lowest BCUT2D eigenvalue weighted by molar-refractivity contribution is -0.147. The third-order valence-electron chi connectivity index (χ3n) is 3.09. The monoisotopic (exact) mass is 293 g/mol. The fourth-order valence-corrected chi connectivity index (χ4v) is 2.10. The Morgan fingerprint density at radius 2 is 1.76 bits per heavy atom. The highest BCUT2D eigenvalue weighted by molar-refractivity contribution is 5.87. The van der Waals surface area contributed by atoms with Gasteiger partial charge in [0.1, 0.15) is 6.04 Å². The Morgan fingerprint density at radius 1 is 1.14 bits per heavy atom. The molecule has 0 spiro atoms. The highest BCUT2D eigenvalue weighted by Crippen LogP contribution is 2.17. The van der Waals surface area contributed by atoms with Crippen LogP contribution >= 0.6 is 0 Å². The summed E-state index contributed by atoms with van der Waals surface area (Å²) in [5.74, 6) is -0.535.